The standard InChI is InChI=1S/C18H19FN4O5/c19-12-1-3-13(4-2-12)27-11-18(9-15(20)24)10-23(7-8-28-18)17(26)14-5-6-16(25)22-21-14/h1-6H,7-11H2,(H2,20,24)(H,22,25). The third kappa shape index (κ3) is 4.71. The number of hydrogen-bond donors (Lipinski definition) is 2. The van der Waals surface area contributed by atoms with Gasteiger partial charge in [-0.15, -0.1) is 0 Å². The molecule has 0 radical (unpaired) electrons. The lowest BCUT2D eigenvalue weighted by Gasteiger charge is -2.41. The first-order valence-corrected chi connectivity index (χ1v) is 8.53. The molecule has 2 amide bonds. The van der Waals surface area contributed by atoms with E-state index < -0.39 is 28.8 Å². The summed E-state index contributed by atoms with van der Waals surface area (Å²) in [5.41, 5.74) is 3.85. The number of nitrogens with one attached hydrogen (secondary N) is 1. The van der Waals surface area contributed by atoms with Crippen LogP contribution in [-0.2, 0) is 9.53 Å². The monoisotopic (exact) mass is 390 g/mol. The van der Waals surface area contributed by atoms with Gasteiger partial charge in [-0.05, 0) is 30.3 Å². The molecule has 28 heavy (non-hydrogen) atoms. The van der Waals surface area contributed by atoms with Gasteiger partial charge in [-0.3, -0.25) is 14.4 Å². The summed E-state index contributed by atoms with van der Waals surface area (Å²) in [5, 5.41) is 5.95. The van der Waals surface area contributed by atoms with Crippen LogP contribution in [0.15, 0.2) is 41.2 Å². The Morgan fingerprint density at radius 3 is 2.68 bits per heavy atom. The number of halogens is 1. The van der Waals surface area contributed by atoms with Gasteiger partial charge in [-0.2, -0.15) is 5.10 Å². The number of amides is 2. The lowest BCUT2D eigenvalue weighted by Crippen LogP contribution is -2.58. The zero-order chi connectivity index (χ0) is 20.1. The molecule has 1 aliphatic rings. The molecule has 2 heterocycles. The van der Waals surface area contributed by atoms with E-state index in [1.54, 1.807) is 0 Å². The Hall–Kier alpha value is -3.27. The summed E-state index contributed by atoms with van der Waals surface area (Å²) in [6.45, 7) is 0.410. The molecular formula is C18H19FN4O5. The van der Waals surface area contributed by atoms with Gasteiger partial charge in [0.15, 0.2) is 0 Å². The number of morpholine rings is 1. The molecular weight excluding hydrogens is 371 g/mol. The Labute approximate surface area is 159 Å². The van der Waals surface area contributed by atoms with E-state index in [1.807, 2.05) is 0 Å². The molecule has 0 spiro atoms. The zero-order valence-electron chi connectivity index (χ0n) is 14.9. The van der Waals surface area contributed by atoms with Gasteiger partial charge in [0.05, 0.1) is 19.6 Å². The number of carbonyl (C=O) groups is 2. The van der Waals surface area contributed by atoms with Crippen LogP contribution >= 0.6 is 0 Å². The van der Waals surface area contributed by atoms with Crippen molar-refractivity contribution < 1.29 is 23.5 Å². The molecule has 0 saturated carbocycles. The van der Waals surface area contributed by atoms with Gasteiger partial charge in [0, 0.05) is 12.6 Å². The van der Waals surface area contributed by atoms with Crippen molar-refractivity contribution in [3.05, 3.63) is 58.3 Å². The number of nitrogens with zero attached hydrogens (tertiary/aromatic N) is 2. The van der Waals surface area contributed by atoms with Crippen LogP contribution in [0.1, 0.15) is 16.9 Å². The summed E-state index contributed by atoms with van der Waals surface area (Å²) in [6, 6.07) is 7.91. The van der Waals surface area contributed by atoms with E-state index >= 15 is 0 Å². The van der Waals surface area contributed by atoms with Crippen molar-refractivity contribution in [2.75, 3.05) is 26.3 Å². The van der Waals surface area contributed by atoms with Crippen molar-refractivity contribution in [3.63, 3.8) is 0 Å². The number of aromatic amines is 1. The van der Waals surface area contributed by atoms with E-state index in [0.29, 0.717) is 5.75 Å². The molecule has 1 unspecified atom stereocenters. The van der Waals surface area contributed by atoms with Crippen molar-refractivity contribution in [1.82, 2.24) is 15.1 Å². The molecule has 2 aromatic rings. The first-order chi connectivity index (χ1) is 13.4. The van der Waals surface area contributed by atoms with Gasteiger partial charge < -0.3 is 20.1 Å². The highest BCUT2D eigenvalue weighted by molar-refractivity contribution is 5.92. The Bertz CT molecular complexity index is 896. The average Bonchev–Trinajstić information content (AvgIpc) is 2.67. The first kappa shape index (κ1) is 19.5. The van der Waals surface area contributed by atoms with E-state index in [4.69, 9.17) is 15.2 Å². The Balaban J connectivity index is 1.76. The van der Waals surface area contributed by atoms with E-state index in [-0.39, 0.29) is 38.4 Å². The van der Waals surface area contributed by atoms with Crippen molar-refractivity contribution >= 4 is 11.8 Å². The highest BCUT2D eigenvalue weighted by atomic mass is 19.1. The van der Waals surface area contributed by atoms with Crippen molar-refractivity contribution in [1.29, 1.82) is 0 Å². The average molecular weight is 390 g/mol. The number of benzene rings is 1. The third-order valence-electron chi connectivity index (χ3n) is 4.25. The molecule has 1 aromatic carbocycles. The molecule has 1 aliphatic heterocycles. The number of ether oxygens (including phenoxy) is 2. The molecule has 1 saturated heterocycles. The fourth-order valence-electron chi connectivity index (χ4n) is 2.95. The maximum absolute atomic E-state index is 13.0. The Morgan fingerprint density at radius 2 is 2.04 bits per heavy atom. The van der Waals surface area contributed by atoms with Gasteiger partial charge >= 0.3 is 0 Å². The van der Waals surface area contributed by atoms with Crippen LogP contribution in [-0.4, -0.2) is 58.8 Å². The molecule has 1 aromatic heterocycles. The molecule has 3 rings (SSSR count). The van der Waals surface area contributed by atoms with E-state index in [9.17, 15) is 18.8 Å². The van der Waals surface area contributed by atoms with Crippen LogP contribution < -0.4 is 16.0 Å². The van der Waals surface area contributed by atoms with Crippen LogP contribution in [0.5, 0.6) is 5.75 Å². The van der Waals surface area contributed by atoms with Crippen LogP contribution in [0, 0.1) is 5.82 Å². The van der Waals surface area contributed by atoms with Crippen LogP contribution in [0.3, 0.4) is 0 Å². The Kier molecular flexibility index (Phi) is 5.69. The number of nitrogens with two attached hydrogens (primary N) is 1. The maximum Gasteiger partial charge on any atom is 0.274 e. The molecule has 9 nitrogen and oxygen atoms in total. The number of primary amides is 1. The normalized spacial score (nSPS) is 19.2. The number of carbonyl (C=O) groups excluding carboxylic acids is 2. The van der Waals surface area contributed by atoms with Gasteiger partial charge in [0.2, 0.25) is 5.91 Å². The van der Waals surface area contributed by atoms with E-state index in [2.05, 4.69) is 10.2 Å². The molecule has 10 heteroatoms. The SMILES string of the molecule is NC(=O)CC1(COc2ccc(F)cc2)CN(C(=O)c2ccc(=O)[nH]n2)CCO1. The Morgan fingerprint density at radius 1 is 1.29 bits per heavy atom. The second-order valence-electron chi connectivity index (χ2n) is 6.45. The van der Waals surface area contributed by atoms with Crippen LogP contribution in [0.4, 0.5) is 4.39 Å². The summed E-state index contributed by atoms with van der Waals surface area (Å²) in [7, 11) is 0. The lowest BCUT2D eigenvalue weighted by atomic mass is 9.97. The third-order valence-corrected chi connectivity index (χ3v) is 4.25. The number of aromatic nitrogens is 2. The summed E-state index contributed by atoms with van der Waals surface area (Å²) in [4.78, 5) is 36.9. The minimum Gasteiger partial charge on any atom is -0.490 e. The largest absolute Gasteiger partial charge is 0.490 e. The summed E-state index contributed by atoms with van der Waals surface area (Å²) in [5.74, 6) is -1.05. The van der Waals surface area contributed by atoms with E-state index in [0.717, 1.165) is 0 Å². The highest BCUT2D eigenvalue weighted by Gasteiger charge is 2.41. The van der Waals surface area contributed by atoms with E-state index in [1.165, 1.54) is 41.3 Å². The van der Waals surface area contributed by atoms with Crippen molar-refractivity contribution in [2.24, 2.45) is 5.73 Å². The summed E-state index contributed by atoms with van der Waals surface area (Å²) >= 11 is 0. The minimum atomic E-state index is -1.16. The van der Waals surface area contributed by atoms with Crippen molar-refractivity contribution in [2.45, 2.75) is 12.0 Å². The second kappa shape index (κ2) is 8.17. The number of hydrogen-bond acceptors (Lipinski definition) is 6. The zero-order valence-corrected chi connectivity index (χ0v) is 14.9. The number of rotatable bonds is 6. The second-order valence-corrected chi connectivity index (χ2v) is 6.45. The lowest BCUT2D eigenvalue weighted by molar-refractivity contribution is -0.142. The number of H-pyrrole nitrogens is 1. The van der Waals surface area contributed by atoms with Gasteiger partial charge in [-0.25, -0.2) is 9.49 Å². The fraction of sp³-hybridized carbons (Fsp3) is 0.333. The quantitative estimate of drug-likeness (QED) is 0.719. The van der Waals surface area contributed by atoms with Gasteiger partial charge in [-0.1, -0.05) is 0 Å². The summed E-state index contributed by atoms with van der Waals surface area (Å²) in [6.07, 6.45) is -0.170. The topological polar surface area (TPSA) is 128 Å². The molecule has 1 fully saturated rings. The van der Waals surface area contributed by atoms with Gasteiger partial charge in [0.25, 0.3) is 11.5 Å². The molecule has 3 N–H and O–H groups in total. The smallest absolute Gasteiger partial charge is 0.274 e. The highest BCUT2D eigenvalue weighted by Crippen LogP contribution is 2.25. The first-order valence-electron chi connectivity index (χ1n) is 8.53. The predicted molar refractivity (Wildman–Crippen MR) is 95.2 cm³/mol. The van der Waals surface area contributed by atoms with Crippen LogP contribution in [0.25, 0.3) is 0 Å². The summed E-state index contributed by atoms with van der Waals surface area (Å²) < 4.78 is 24.5. The minimum absolute atomic E-state index is 0.0385. The molecule has 0 aliphatic carbocycles. The molecule has 1 atom stereocenters. The molecule has 148 valence electrons. The van der Waals surface area contributed by atoms with Crippen molar-refractivity contribution in [3.8, 4) is 5.75 Å². The maximum atomic E-state index is 13.0. The van der Waals surface area contributed by atoms with Crippen LogP contribution in [0.2, 0.25) is 0 Å². The molecule has 0 bridgehead atoms. The van der Waals surface area contributed by atoms with Gasteiger partial charge in [0.1, 0.15) is 29.5 Å². The predicted octanol–water partition coefficient (Wildman–Crippen LogP) is 0.0746. The fourth-order valence-corrected chi connectivity index (χ4v) is 2.95.